The quantitative estimate of drug-likeness (QED) is 0.804. The lowest BCUT2D eigenvalue weighted by molar-refractivity contribution is -0.135. The van der Waals surface area contributed by atoms with Crippen molar-refractivity contribution in [3.8, 4) is 11.5 Å². The summed E-state index contributed by atoms with van der Waals surface area (Å²) in [5.74, 6) is 0.576. The predicted molar refractivity (Wildman–Crippen MR) is 102 cm³/mol. The van der Waals surface area contributed by atoms with Gasteiger partial charge in [-0.2, -0.15) is 0 Å². The molecule has 1 fully saturated rings. The molecule has 2 N–H and O–H groups in total. The van der Waals surface area contributed by atoms with Crippen LogP contribution >= 0.6 is 0 Å². The number of rotatable bonds is 4. The lowest BCUT2D eigenvalue weighted by Gasteiger charge is -2.32. The summed E-state index contributed by atoms with van der Waals surface area (Å²) < 4.78 is 11.5. The molecule has 2 aliphatic heterocycles. The van der Waals surface area contributed by atoms with E-state index in [2.05, 4.69) is 10.6 Å². The largest absolute Gasteiger partial charge is 0.497 e. The molecule has 1 atom stereocenters. The number of carbonyl (C=O) groups excluding carboxylic acids is 3. The van der Waals surface area contributed by atoms with Crippen molar-refractivity contribution < 1.29 is 23.9 Å². The Bertz CT molecular complexity index is 779. The number of hydrogen-bond donors (Lipinski definition) is 2. The lowest BCUT2D eigenvalue weighted by Crippen LogP contribution is -2.46. The SMILES string of the molecule is COc1ccc2c(c1)C(=O)NCC1(CCC(=O)N(CC(=O)NC(C)C)CC1)O2. The molecule has 1 spiro atoms. The van der Waals surface area contributed by atoms with E-state index in [9.17, 15) is 14.4 Å². The van der Waals surface area contributed by atoms with Gasteiger partial charge in [-0.05, 0) is 38.5 Å². The van der Waals surface area contributed by atoms with E-state index in [1.165, 1.54) is 0 Å². The molecule has 0 aromatic heterocycles. The van der Waals surface area contributed by atoms with Gasteiger partial charge in [-0.1, -0.05) is 0 Å². The number of fused-ring (bicyclic) bond motifs is 1. The summed E-state index contributed by atoms with van der Waals surface area (Å²) in [6.07, 6.45) is 1.26. The fraction of sp³-hybridized carbons (Fsp3) is 0.550. The number of nitrogens with zero attached hydrogens (tertiary/aromatic N) is 1. The van der Waals surface area contributed by atoms with Gasteiger partial charge in [0.05, 0.1) is 25.8 Å². The minimum atomic E-state index is -0.686. The molecule has 2 aliphatic rings. The van der Waals surface area contributed by atoms with Crippen molar-refractivity contribution >= 4 is 17.7 Å². The van der Waals surface area contributed by atoms with Gasteiger partial charge in [0, 0.05) is 25.4 Å². The van der Waals surface area contributed by atoms with E-state index in [0.717, 1.165) is 0 Å². The number of ether oxygens (including phenoxy) is 2. The van der Waals surface area contributed by atoms with Gasteiger partial charge < -0.3 is 25.0 Å². The molecule has 0 radical (unpaired) electrons. The highest BCUT2D eigenvalue weighted by molar-refractivity contribution is 5.97. The van der Waals surface area contributed by atoms with Crippen molar-refractivity contribution in [2.45, 2.75) is 44.8 Å². The van der Waals surface area contributed by atoms with Crippen LogP contribution in [0.25, 0.3) is 0 Å². The predicted octanol–water partition coefficient (Wildman–Crippen LogP) is 1.09. The number of hydrogen-bond acceptors (Lipinski definition) is 5. The Kier molecular flexibility index (Phi) is 5.76. The normalized spacial score (nSPS) is 22.1. The number of amides is 3. The number of likely N-dealkylation sites (tertiary alicyclic amines) is 1. The molecule has 0 bridgehead atoms. The number of methoxy groups -OCH3 is 1. The smallest absolute Gasteiger partial charge is 0.255 e. The number of benzene rings is 1. The Balaban J connectivity index is 1.76. The molecule has 1 aromatic carbocycles. The van der Waals surface area contributed by atoms with Gasteiger partial charge >= 0.3 is 0 Å². The van der Waals surface area contributed by atoms with Crippen LogP contribution in [0, 0.1) is 0 Å². The molecule has 152 valence electrons. The highest BCUT2D eigenvalue weighted by Gasteiger charge is 2.40. The molecule has 0 aliphatic carbocycles. The summed E-state index contributed by atoms with van der Waals surface area (Å²) in [6.45, 7) is 4.50. The molecule has 0 saturated carbocycles. The molecule has 28 heavy (non-hydrogen) atoms. The summed E-state index contributed by atoms with van der Waals surface area (Å²) in [6, 6.07) is 5.14. The summed E-state index contributed by atoms with van der Waals surface area (Å²) in [4.78, 5) is 38.6. The maximum atomic E-state index is 12.5. The van der Waals surface area contributed by atoms with Crippen LogP contribution < -0.4 is 20.1 Å². The molecule has 3 amide bonds. The van der Waals surface area contributed by atoms with Crippen molar-refractivity contribution in [1.29, 1.82) is 0 Å². The summed E-state index contributed by atoms with van der Waals surface area (Å²) in [7, 11) is 1.54. The second-order valence-corrected chi connectivity index (χ2v) is 7.62. The molecule has 1 saturated heterocycles. The van der Waals surface area contributed by atoms with E-state index in [0.29, 0.717) is 43.0 Å². The Morgan fingerprint density at radius 1 is 1.36 bits per heavy atom. The molecular formula is C20H27N3O5. The Labute approximate surface area is 164 Å². The van der Waals surface area contributed by atoms with Gasteiger partial charge in [0.2, 0.25) is 11.8 Å². The van der Waals surface area contributed by atoms with Crippen LogP contribution in [0.2, 0.25) is 0 Å². The van der Waals surface area contributed by atoms with Crippen molar-refractivity contribution in [2.75, 3.05) is 26.7 Å². The number of nitrogens with one attached hydrogen (secondary N) is 2. The Morgan fingerprint density at radius 3 is 2.86 bits per heavy atom. The Morgan fingerprint density at radius 2 is 2.14 bits per heavy atom. The van der Waals surface area contributed by atoms with E-state index in [1.807, 2.05) is 13.8 Å². The van der Waals surface area contributed by atoms with Gasteiger partial charge in [0.25, 0.3) is 5.91 Å². The molecule has 1 aromatic rings. The first-order valence-electron chi connectivity index (χ1n) is 9.54. The second-order valence-electron chi connectivity index (χ2n) is 7.62. The molecule has 3 rings (SSSR count). The summed E-state index contributed by atoms with van der Waals surface area (Å²) in [5, 5.41) is 5.72. The maximum Gasteiger partial charge on any atom is 0.255 e. The zero-order valence-electron chi connectivity index (χ0n) is 16.5. The topological polar surface area (TPSA) is 97.0 Å². The summed E-state index contributed by atoms with van der Waals surface area (Å²) >= 11 is 0. The third kappa shape index (κ3) is 4.37. The van der Waals surface area contributed by atoms with Crippen LogP contribution in [0.3, 0.4) is 0 Å². The third-order valence-corrected chi connectivity index (χ3v) is 5.10. The molecule has 2 heterocycles. The monoisotopic (exact) mass is 389 g/mol. The van der Waals surface area contributed by atoms with E-state index in [-0.39, 0.29) is 36.7 Å². The Hall–Kier alpha value is -2.77. The van der Waals surface area contributed by atoms with Crippen LogP contribution in [0.1, 0.15) is 43.5 Å². The zero-order valence-corrected chi connectivity index (χ0v) is 16.5. The van der Waals surface area contributed by atoms with Crippen LogP contribution in [0.4, 0.5) is 0 Å². The first kappa shape index (κ1) is 20.0. The van der Waals surface area contributed by atoms with E-state index in [1.54, 1.807) is 30.2 Å². The standard InChI is InChI=1S/C20H27N3O5/c1-13(2)22-17(24)11-23-9-8-20(7-6-18(23)25)12-21-19(26)15-10-14(27-3)4-5-16(15)28-20/h4-5,10,13H,6-9,11-12H2,1-3H3,(H,21,26)(H,22,24). The molecule has 1 unspecified atom stereocenters. The lowest BCUT2D eigenvalue weighted by atomic mass is 9.94. The minimum Gasteiger partial charge on any atom is -0.497 e. The average molecular weight is 389 g/mol. The maximum absolute atomic E-state index is 12.5. The third-order valence-electron chi connectivity index (χ3n) is 5.10. The number of carbonyl (C=O) groups is 3. The zero-order chi connectivity index (χ0) is 20.3. The van der Waals surface area contributed by atoms with E-state index < -0.39 is 5.60 Å². The first-order chi connectivity index (χ1) is 13.3. The second kappa shape index (κ2) is 8.08. The minimum absolute atomic E-state index is 0.0230. The van der Waals surface area contributed by atoms with Crippen molar-refractivity contribution in [3.05, 3.63) is 23.8 Å². The van der Waals surface area contributed by atoms with Gasteiger partial charge in [0.1, 0.15) is 17.1 Å². The van der Waals surface area contributed by atoms with Crippen LogP contribution in [0.15, 0.2) is 18.2 Å². The van der Waals surface area contributed by atoms with Crippen molar-refractivity contribution in [1.82, 2.24) is 15.5 Å². The van der Waals surface area contributed by atoms with Crippen LogP contribution in [-0.4, -0.2) is 61.0 Å². The highest BCUT2D eigenvalue weighted by atomic mass is 16.5. The van der Waals surface area contributed by atoms with Crippen molar-refractivity contribution in [2.24, 2.45) is 0 Å². The van der Waals surface area contributed by atoms with Gasteiger partial charge in [-0.3, -0.25) is 14.4 Å². The van der Waals surface area contributed by atoms with Crippen LogP contribution in [-0.2, 0) is 9.59 Å². The fourth-order valence-corrected chi connectivity index (χ4v) is 3.58. The van der Waals surface area contributed by atoms with E-state index in [4.69, 9.17) is 9.47 Å². The molecule has 8 nitrogen and oxygen atoms in total. The molecule has 8 heteroatoms. The van der Waals surface area contributed by atoms with Crippen molar-refractivity contribution in [3.63, 3.8) is 0 Å². The summed E-state index contributed by atoms with van der Waals surface area (Å²) in [5.41, 5.74) is -0.269. The van der Waals surface area contributed by atoms with Gasteiger partial charge in [-0.15, -0.1) is 0 Å². The average Bonchev–Trinajstić information content (AvgIpc) is 2.89. The van der Waals surface area contributed by atoms with E-state index >= 15 is 0 Å². The van der Waals surface area contributed by atoms with Crippen LogP contribution in [0.5, 0.6) is 11.5 Å². The van der Waals surface area contributed by atoms with Gasteiger partial charge in [0.15, 0.2) is 0 Å². The highest BCUT2D eigenvalue weighted by Crippen LogP contribution is 2.34. The van der Waals surface area contributed by atoms with Gasteiger partial charge in [-0.25, -0.2) is 0 Å². The first-order valence-corrected chi connectivity index (χ1v) is 9.54. The molecular weight excluding hydrogens is 362 g/mol. The fourth-order valence-electron chi connectivity index (χ4n) is 3.58.